The van der Waals surface area contributed by atoms with Crippen molar-refractivity contribution in [2.24, 2.45) is 0 Å². The van der Waals surface area contributed by atoms with Crippen molar-refractivity contribution in [2.45, 2.75) is 13.8 Å². The molecule has 5 aromatic carbocycles. The summed E-state index contributed by atoms with van der Waals surface area (Å²) >= 11 is 0. The molecule has 0 unspecified atom stereocenters. The van der Waals surface area contributed by atoms with Gasteiger partial charge in [0.1, 0.15) is 11.2 Å². The highest BCUT2D eigenvalue weighted by molar-refractivity contribution is 5.98. The van der Waals surface area contributed by atoms with Crippen LogP contribution in [0.25, 0.3) is 66.7 Å². The van der Waals surface area contributed by atoms with Crippen molar-refractivity contribution in [1.82, 2.24) is 4.98 Å². The molecule has 0 atom stereocenters. The Hall–Kier alpha value is -5.22. The maximum Gasteiger partial charge on any atom is 0.190 e. The van der Waals surface area contributed by atoms with Crippen LogP contribution >= 0.6 is 0 Å². The molecule has 0 amide bonds. The van der Waals surface area contributed by atoms with Gasteiger partial charge in [0.25, 0.3) is 0 Å². The minimum atomic E-state index is -0.0701. The standard InChI is InChI=1S/C38H30N2O2/c1-3-40(4-2)31-19-21-34-36(23-31)42-37-24-35(41)33-22-30(18-20-32(33)38(37)39-34)29-16-14-28(15-17-29)27-12-10-26(11-13-27)25-8-6-5-7-9-25/h5-24H,3-4H2,1-2H3. The summed E-state index contributed by atoms with van der Waals surface area (Å²) in [5, 5.41) is 1.44. The molecule has 1 aliphatic heterocycles. The Morgan fingerprint density at radius 2 is 1.17 bits per heavy atom. The molecule has 42 heavy (non-hydrogen) atoms. The summed E-state index contributed by atoms with van der Waals surface area (Å²) in [4.78, 5) is 20.4. The van der Waals surface area contributed by atoms with Gasteiger partial charge in [0.05, 0.1) is 0 Å². The smallest absolute Gasteiger partial charge is 0.190 e. The molecule has 4 heteroatoms. The number of rotatable bonds is 6. The van der Waals surface area contributed by atoms with E-state index in [1.807, 2.05) is 30.3 Å². The zero-order valence-electron chi connectivity index (χ0n) is 23.7. The van der Waals surface area contributed by atoms with Crippen LogP contribution in [0.1, 0.15) is 13.8 Å². The summed E-state index contributed by atoms with van der Waals surface area (Å²) in [6.07, 6.45) is 0. The Morgan fingerprint density at radius 3 is 1.79 bits per heavy atom. The van der Waals surface area contributed by atoms with E-state index in [1.165, 1.54) is 16.7 Å². The van der Waals surface area contributed by atoms with E-state index in [9.17, 15) is 4.79 Å². The number of hydrogen-bond acceptors (Lipinski definition) is 4. The Labute approximate surface area is 244 Å². The van der Waals surface area contributed by atoms with E-state index < -0.39 is 0 Å². The van der Waals surface area contributed by atoms with Crippen LogP contribution in [0.5, 0.6) is 0 Å². The summed E-state index contributed by atoms with van der Waals surface area (Å²) in [6, 6.07) is 41.2. The lowest BCUT2D eigenvalue weighted by atomic mass is 9.96. The van der Waals surface area contributed by atoms with Gasteiger partial charge in [-0.05, 0) is 65.4 Å². The Kier molecular flexibility index (Phi) is 6.52. The molecule has 0 saturated heterocycles. The second-order valence-electron chi connectivity index (χ2n) is 10.5. The molecule has 0 fully saturated rings. The average molecular weight is 547 g/mol. The Balaban J connectivity index is 1.22. The first kappa shape index (κ1) is 25.7. The molecule has 4 nitrogen and oxygen atoms in total. The predicted octanol–water partition coefficient (Wildman–Crippen LogP) is 9.29. The van der Waals surface area contributed by atoms with Crippen LogP contribution in [-0.4, -0.2) is 18.1 Å². The van der Waals surface area contributed by atoms with Crippen LogP contribution in [0, 0.1) is 0 Å². The van der Waals surface area contributed by atoms with Gasteiger partial charge in [0, 0.05) is 41.7 Å². The van der Waals surface area contributed by atoms with Crippen LogP contribution in [0.15, 0.2) is 131 Å². The largest absolute Gasteiger partial charge is 0.453 e. The third kappa shape index (κ3) is 4.61. The minimum absolute atomic E-state index is 0.0701. The maximum atomic E-state index is 13.3. The zero-order chi connectivity index (χ0) is 28.6. The molecule has 0 spiro atoms. The molecule has 204 valence electrons. The van der Waals surface area contributed by atoms with Gasteiger partial charge in [-0.1, -0.05) is 91.0 Å². The Bertz CT molecular complexity index is 2060. The first-order chi connectivity index (χ1) is 20.6. The third-order valence-corrected chi connectivity index (χ3v) is 8.10. The van der Waals surface area contributed by atoms with Crippen LogP contribution in [0.2, 0.25) is 0 Å². The number of benzene rings is 6. The second kappa shape index (κ2) is 10.6. The first-order valence-electron chi connectivity index (χ1n) is 14.4. The van der Waals surface area contributed by atoms with Crippen molar-refractivity contribution in [1.29, 1.82) is 0 Å². The molecule has 0 radical (unpaired) electrons. The molecule has 0 bridgehead atoms. The fraction of sp³-hybridized carbons (Fsp3) is 0.105. The van der Waals surface area contributed by atoms with Gasteiger partial charge in [0.15, 0.2) is 16.8 Å². The number of aromatic nitrogens is 1. The van der Waals surface area contributed by atoms with Gasteiger partial charge in [0.2, 0.25) is 0 Å². The summed E-state index contributed by atoms with van der Waals surface area (Å²) in [5.41, 5.74) is 9.94. The van der Waals surface area contributed by atoms with Crippen molar-refractivity contribution >= 4 is 27.6 Å². The number of fused-ring (bicyclic) bond motifs is 4. The van der Waals surface area contributed by atoms with Crippen molar-refractivity contribution in [2.75, 3.05) is 18.0 Å². The monoisotopic (exact) mass is 546 g/mol. The van der Waals surface area contributed by atoms with E-state index >= 15 is 0 Å². The van der Waals surface area contributed by atoms with Crippen molar-refractivity contribution < 1.29 is 4.42 Å². The van der Waals surface area contributed by atoms with Crippen LogP contribution in [0.4, 0.5) is 5.69 Å². The van der Waals surface area contributed by atoms with E-state index in [0.29, 0.717) is 22.4 Å². The number of anilines is 1. The number of hydrogen-bond donors (Lipinski definition) is 0. The van der Waals surface area contributed by atoms with E-state index in [-0.39, 0.29) is 5.43 Å². The first-order valence-corrected chi connectivity index (χ1v) is 14.4. The molecule has 0 N–H and O–H groups in total. The lowest BCUT2D eigenvalue weighted by Crippen LogP contribution is -2.21. The summed E-state index contributed by atoms with van der Waals surface area (Å²) in [5.74, 6) is 0.507. The van der Waals surface area contributed by atoms with Crippen molar-refractivity contribution in [3.8, 4) is 44.8 Å². The lowest BCUT2D eigenvalue weighted by Gasteiger charge is -2.21. The quantitative estimate of drug-likeness (QED) is 0.154. The topological polar surface area (TPSA) is 46.3 Å². The maximum absolute atomic E-state index is 13.3. The molecule has 2 aliphatic rings. The van der Waals surface area contributed by atoms with Gasteiger partial charge >= 0.3 is 0 Å². The van der Waals surface area contributed by atoms with Gasteiger partial charge in [-0.2, -0.15) is 0 Å². The molecule has 1 aliphatic carbocycles. The van der Waals surface area contributed by atoms with E-state index in [0.717, 1.165) is 46.4 Å². The van der Waals surface area contributed by atoms with E-state index in [4.69, 9.17) is 9.40 Å². The molecular formula is C38H30N2O2. The SMILES string of the molecule is CCN(CC)c1ccc2nc3c4ccc(-c5ccc(-c6ccc(-c7ccccc7)cc6)cc5)cc4c(=O)cc-3oc2c1. The lowest BCUT2D eigenvalue weighted by molar-refractivity contribution is 0.613. The van der Waals surface area contributed by atoms with Crippen LogP contribution < -0.4 is 10.3 Å². The molecular weight excluding hydrogens is 516 g/mol. The third-order valence-electron chi connectivity index (χ3n) is 8.10. The fourth-order valence-corrected chi connectivity index (χ4v) is 5.77. The molecule has 0 saturated carbocycles. The predicted molar refractivity (Wildman–Crippen MR) is 174 cm³/mol. The van der Waals surface area contributed by atoms with Crippen LogP contribution in [-0.2, 0) is 0 Å². The average Bonchev–Trinajstić information content (AvgIpc) is 3.05. The minimum Gasteiger partial charge on any atom is -0.453 e. The van der Waals surface area contributed by atoms with Crippen molar-refractivity contribution in [3.05, 3.63) is 132 Å². The Morgan fingerprint density at radius 1 is 0.595 bits per heavy atom. The highest BCUT2D eigenvalue weighted by Gasteiger charge is 2.17. The molecule has 5 aromatic rings. The fourth-order valence-electron chi connectivity index (χ4n) is 5.77. The van der Waals surface area contributed by atoms with E-state index in [1.54, 1.807) is 6.07 Å². The summed E-state index contributed by atoms with van der Waals surface area (Å²) in [6.45, 7) is 6.08. The summed E-state index contributed by atoms with van der Waals surface area (Å²) in [7, 11) is 0. The highest BCUT2D eigenvalue weighted by atomic mass is 16.3. The summed E-state index contributed by atoms with van der Waals surface area (Å²) < 4.78 is 6.23. The van der Waals surface area contributed by atoms with Gasteiger partial charge in [-0.25, -0.2) is 4.98 Å². The van der Waals surface area contributed by atoms with Gasteiger partial charge in [-0.15, -0.1) is 0 Å². The molecule has 0 aromatic heterocycles. The molecule has 1 heterocycles. The number of nitrogens with zero attached hydrogens (tertiary/aromatic N) is 2. The molecule has 7 rings (SSSR count). The normalized spacial score (nSPS) is 11.4. The van der Waals surface area contributed by atoms with Gasteiger partial charge < -0.3 is 9.32 Å². The van der Waals surface area contributed by atoms with E-state index in [2.05, 4.69) is 104 Å². The highest BCUT2D eigenvalue weighted by Crippen LogP contribution is 2.34. The van der Waals surface area contributed by atoms with Crippen molar-refractivity contribution in [3.63, 3.8) is 0 Å². The van der Waals surface area contributed by atoms with Crippen LogP contribution in [0.3, 0.4) is 0 Å². The van der Waals surface area contributed by atoms with Gasteiger partial charge in [-0.3, -0.25) is 4.79 Å². The zero-order valence-corrected chi connectivity index (χ0v) is 23.7. The second-order valence-corrected chi connectivity index (χ2v) is 10.5.